The van der Waals surface area contributed by atoms with Crippen LogP contribution in [0.1, 0.15) is 59.2 Å². The molecule has 2 aliphatic rings. The van der Waals surface area contributed by atoms with Crippen LogP contribution in [0.25, 0.3) is 10.9 Å². The lowest BCUT2D eigenvalue weighted by molar-refractivity contribution is 0.0999. The first-order valence-electron chi connectivity index (χ1n) is 11.8. The molecule has 2 aromatic carbocycles. The van der Waals surface area contributed by atoms with Gasteiger partial charge in [0, 0.05) is 34.7 Å². The van der Waals surface area contributed by atoms with E-state index in [9.17, 15) is 4.79 Å². The molecule has 1 aliphatic carbocycles. The minimum absolute atomic E-state index is 0.216. The molecule has 1 saturated heterocycles. The highest BCUT2D eigenvalue weighted by Crippen LogP contribution is 2.57. The molecule has 172 valence electrons. The second-order valence-electron chi connectivity index (χ2n) is 9.29. The van der Waals surface area contributed by atoms with Crippen LogP contribution in [0, 0.1) is 6.92 Å². The highest BCUT2D eigenvalue weighted by atomic mass is 16.5. The number of carbonyl (C=O) groups is 1. The van der Waals surface area contributed by atoms with Crippen LogP contribution in [0.3, 0.4) is 0 Å². The van der Waals surface area contributed by atoms with Crippen LogP contribution in [0.15, 0.2) is 42.6 Å². The lowest BCUT2D eigenvalue weighted by Gasteiger charge is -2.26. The van der Waals surface area contributed by atoms with Crippen molar-refractivity contribution in [3.63, 3.8) is 0 Å². The summed E-state index contributed by atoms with van der Waals surface area (Å²) in [7, 11) is 1.68. The molecule has 1 amide bonds. The Kier molecular flexibility index (Phi) is 5.71. The standard InChI is InChI=1S/C27H31N3O3/c1-17-22(26(28)31)12-20(33-16-18-6-3-4-10-29-18)14-23(17)27(8-9-27)24-13-19(32-2)15-25-21(24)7-5-11-30-25/h5,7,11-15,18,29H,3-4,6,8-10,16H2,1-2H3,(H2,28,31). The lowest BCUT2D eigenvalue weighted by atomic mass is 9.81. The molecule has 1 unspecified atom stereocenters. The number of rotatable bonds is 7. The summed E-state index contributed by atoms with van der Waals surface area (Å²) in [6.07, 6.45) is 7.30. The summed E-state index contributed by atoms with van der Waals surface area (Å²) in [4.78, 5) is 16.9. The molecule has 1 aromatic heterocycles. The van der Waals surface area contributed by atoms with E-state index in [4.69, 9.17) is 15.2 Å². The van der Waals surface area contributed by atoms with E-state index in [1.807, 2.05) is 19.1 Å². The summed E-state index contributed by atoms with van der Waals surface area (Å²) in [5.74, 6) is 1.06. The predicted molar refractivity (Wildman–Crippen MR) is 129 cm³/mol. The molecule has 3 aromatic rings. The van der Waals surface area contributed by atoms with E-state index in [2.05, 4.69) is 28.5 Å². The number of piperidine rings is 1. The molecule has 0 bridgehead atoms. The summed E-state index contributed by atoms with van der Waals surface area (Å²) in [6.45, 7) is 3.60. The van der Waals surface area contributed by atoms with E-state index in [0.717, 1.165) is 53.6 Å². The smallest absolute Gasteiger partial charge is 0.249 e. The van der Waals surface area contributed by atoms with E-state index < -0.39 is 5.91 Å². The zero-order chi connectivity index (χ0) is 23.0. The van der Waals surface area contributed by atoms with Crippen molar-refractivity contribution in [3.05, 3.63) is 64.8 Å². The Balaban J connectivity index is 1.59. The first kappa shape index (κ1) is 21.7. The second kappa shape index (κ2) is 8.67. The normalized spacial score (nSPS) is 19.3. The molecule has 2 heterocycles. The number of hydrogen-bond donors (Lipinski definition) is 2. The van der Waals surface area contributed by atoms with Crippen LogP contribution >= 0.6 is 0 Å². The van der Waals surface area contributed by atoms with E-state index in [-0.39, 0.29) is 5.41 Å². The number of methoxy groups -OCH3 is 1. The number of hydrogen-bond acceptors (Lipinski definition) is 5. The van der Waals surface area contributed by atoms with Gasteiger partial charge in [-0.3, -0.25) is 9.78 Å². The molecule has 0 radical (unpaired) electrons. The van der Waals surface area contributed by atoms with Gasteiger partial charge in [-0.15, -0.1) is 0 Å². The van der Waals surface area contributed by atoms with Crippen LogP contribution in [0.2, 0.25) is 0 Å². The Hall–Kier alpha value is -3.12. The van der Waals surface area contributed by atoms with Crippen molar-refractivity contribution in [2.45, 2.75) is 50.5 Å². The fourth-order valence-corrected chi connectivity index (χ4v) is 5.27. The van der Waals surface area contributed by atoms with Crippen molar-refractivity contribution in [3.8, 4) is 11.5 Å². The molecule has 1 saturated carbocycles. The maximum atomic E-state index is 12.4. The predicted octanol–water partition coefficient (Wildman–Crippen LogP) is 4.25. The van der Waals surface area contributed by atoms with Gasteiger partial charge in [0.1, 0.15) is 18.1 Å². The highest BCUT2D eigenvalue weighted by molar-refractivity contribution is 5.95. The number of nitrogens with one attached hydrogen (secondary N) is 1. The summed E-state index contributed by atoms with van der Waals surface area (Å²) < 4.78 is 11.8. The Bertz CT molecular complexity index is 1200. The zero-order valence-corrected chi connectivity index (χ0v) is 19.3. The molecule has 2 fully saturated rings. The molecule has 1 atom stereocenters. The number of primary amides is 1. The van der Waals surface area contributed by atoms with Crippen molar-refractivity contribution in [2.75, 3.05) is 20.3 Å². The van der Waals surface area contributed by atoms with Crippen molar-refractivity contribution in [1.82, 2.24) is 10.3 Å². The Labute approximate surface area is 194 Å². The van der Waals surface area contributed by atoms with Gasteiger partial charge in [-0.25, -0.2) is 0 Å². The van der Waals surface area contributed by atoms with E-state index >= 15 is 0 Å². The van der Waals surface area contributed by atoms with Gasteiger partial charge in [0.25, 0.3) is 0 Å². The Morgan fingerprint density at radius 1 is 1.18 bits per heavy atom. The monoisotopic (exact) mass is 445 g/mol. The van der Waals surface area contributed by atoms with E-state index in [1.165, 1.54) is 18.4 Å². The molecule has 6 nitrogen and oxygen atoms in total. The molecule has 5 rings (SSSR count). The van der Waals surface area contributed by atoms with Gasteiger partial charge in [-0.1, -0.05) is 12.5 Å². The maximum Gasteiger partial charge on any atom is 0.249 e. The maximum absolute atomic E-state index is 12.4. The number of amides is 1. The number of nitrogens with zero attached hydrogens (tertiary/aromatic N) is 1. The first-order chi connectivity index (χ1) is 16.0. The zero-order valence-electron chi connectivity index (χ0n) is 19.3. The number of benzene rings is 2. The van der Waals surface area contributed by atoms with Crippen molar-refractivity contribution < 1.29 is 14.3 Å². The summed E-state index contributed by atoms with van der Waals surface area (Å²) in [5, 5.41) is 4.62. The second-order valence-corrected chi connectivity index (χ2v) is 9.29. The fraction of sp³-hybridized carbons (Fsp3) is 0.407. The van der Waals surface area contributed by atoms with Gasteiger partial charge in [0.2, 0.25) is 5.91 Å². The number of aromatic nitrogens is 1. The third kappa shape index (κ3) is 4.04. The average molecular weight is 446 g/mol. The minimum atomic E-state index is -0.428. The molecular formula is C27H31N3O3. The van der Waals surface area contributed by atoms with Crippen LogP contribution in [-0.2, 0) is 5.41 Å². The molecular weight excluding hydrogens is 414 g/mol. The Morgan fingerprint density at radius 2 is 2.00 bits per heavy atom. The topological polar surface area (TPSA) is 86.5 Å². The van der Waals surface area contributed by atoms with Gasteiger partial charge in [-0.2, -0.15) is 0 Å². The SMILES string of the molecule is COc1cc(C2(c3cc(OCC4CCCCN4)cc(C(N)=O)c3C)CC2)c2cccnc2c1. The minimum Gasteiger partial charge on any atom is -0.497 e. The van der Waals surface area contributed by atoms with Crippen molar-refractivity contribution in [1.29, 1.82) is 0 Å². The molecule has 33 heavy (non-hydrogen) atoms. The third-order valence-corrected chi connectivity index (χ3v) is 7.22. The number of pyridine rings is 1. The van der Waals surface area contributed by atoms with E-state index in [1.54, 1.807) is 19.4 Å². The Morgan fingerprint density at radius 3 is 2.70 bits per heavy atom. The quantitative estimate of drug-likeness (QED) is 0.568. The third-order valence-electron chi connectivity index (χ3n) is 7.22. The van der Waals surface area contributed by atoms with Gasteiger partial charge in [-0.05, 0) is 80.1 Å². The molecule has 3 N–H and O–H groups in total. The first-order valence-corrected chi connectivity index (χ1v) is 11.8. The van der Waals surface area contributed by atoms with Crippen LogP contribution in [0.4, 0.5) is 0 Å². The van der Waals surface area contributed by atoms with Crippen molar-refractivity contribution in [2.24, 2.45) is 5.73 Å². The van der Waals surface area contributed by atoms with Gasteiger partial charge < -0.3 is 20.5 Å². The average Bonchev–Trinajstić information content (AvgIpc) is 3.65. The van der Waals surface area contributed by atoms with Gasteiger partial charge in [0.05, 0.1) is 12.6 Å². The molecule has 1 aliphatic heterocycles. The number of nitrogens with two attached hydrogens (primary N) is 1. The summed E-state index contributed by atoms with van der Waals surface area (Å²) >= 11 is 0. The van der Waals surface area contributed by atoms with Crippen LogP contribution < -0.4 is 20.5 Å². The summed E-state index contributed by atoms with van der Waals surface area (Å²) in [6, 6.07) is 12.4. The van der Waals surface area contributed by atoms with Gasteiger partial charge in [0.15, 0.2) is 0 Å². The highest BCUT2D eigenvalue weighted by Gasteiger charge is 2.48. The molecule has 6 heteroatoms. The largest absolute Gasteiger partial charge is 0.497 e. The van der Waals surface area contributed by atoms with Gasteiger partial charge >= 0.3 is 0 Å². The number of carbonyl (C=O) groups excluding carboxylic acids is 1. The van der Waals surface area contributed by atoms with Crippen LogP contribution in [-0.4, -0.2) is 37.2 Å². The molecule has 0 spiro atoms. The number of fused-ring (bicyclic) bond motifs is 1. The number of ether oxygens (including phenoxy) is 2. The van der Waals surface area contributed by atoms with Crippen molar-refractivity contribution >= 4 is 16.8 Å². The lowest BCUT2D eigenvalue weighted by Crippen LogP contribution is -2.38. The fourth-order valence-electron chi connectivity index (χ4n) is 5.27. The van der Waals surface area contributed by atoms with Crippen LogP contribution in [0.5, 0.6) is 11.5 Å². The van der Waals surface area contributed by atoms with E-state index in [0.29, 0.717) is 24.0 Å². The summed E-state index contributed by atoms with van der Waals surface area (Å²) in [5.41, 5.74) is 10.2.